The molecular weight excluding hydrogens is 757 g/mol. The van der Waals surface area contributed by atoms with Crippen molar-refractivity contribution in [1.29, 1.82) is 0 Å². The molecule has 0 aromatic rings. The Morgan fingerprint density at radius 1 is 0.534 bits per heavy atom. The zero-order chi connectivity index (χ0) is 42.8. The highest BCUT2D eigenvalue weighted by Gasteiger charge is 2.28. The highest BCUT2D eigenvalue weighted by atomic mass is 31.2. The van der Waals surface area contributed by atoms with Crippen molar-refractivity contribution in [2.75, 3.05) is 19.8 Å². The van der Waals surface area contributed by atoms with Crippen molar-refractivity contribution in [3.8, 4) is 0 Å². The normalized spacial score (nSPS) is 14.4. The second-order valence-corrected chi connectivity index (χ2v) is 15.9. The van der Waals surface area contributed by atoms with Gasteiger partial charge in [0.05, 0.1) is 13.2 Å². The predicted octanol–water partition coefficient (Wildman–Crippen LogP) is 11.7. The Kier molecular flexibility index (Phi) is 38.5. The van der Waals surface area contributed by atoms with Crippen molar-refractivity contribution in [2.45, 2.75) is 180 Å². The van der Waals surface area contributed by atoms with Crippen LogP contribution in [0.1, 0.15) is 168 Å². The number of rotatable bonds is 40. The summed E-state index contributed by atoms with van der Waals surface area (Å²) in [5.41, 5.74) is 5.33. The predicted molar refractivity (Wildman–Crippen MR) is 235 cm³/mol. The highest BCUT2D eigenvalue weighted by molar-refractivity contribution is 7.47. The minimum atomic E-state index is -4.73. The topological polar surface area (TPSA) is 172 Å². The molecule has 0 spiro atoms. The summed E-state index contributed by atoms with van der Waals surface area (Å²) in [6.45, 7) is 2.69. The minimum absolute atomic E-state index is 0.117. The molecule has 0 heterocycles. The number of carboxylic acids is 1. The van der Waals surface area contributed by atoms with Crippen molar-refractivity contribution in [2.24, 2.45) is 5.73 Å². The summed E-state index contributed by atoms with van der Waals surface area (Å²) in [4.78, 5) is 46.0. The van der Waals surface area contributed by atoms with Gasteiger partial charge in [0.25, 0.3) is 0 Å². The third-order valence-corrected chi connectivity index (χ3v) is 9.88. The number of unbranched alkanes of at least 4 members (excludes halogenated alkanes) is 14. The minimum Gasteiger partial charge on any atom is -0.480 e. The maximum atomic E-state index is 12.6. The molecule has 1 unspecified atom stereocenters. The second-order valence-electron chi connectivity index (χ2n) is 14.5. The quantitative estimate of drug-likeness (QED) is 0.0232. The Morgan fingerprint density at radius 2 is 0.914 bits per heavy atom. The average Bonchev–Trinajstić information content (AvgIpc) is 3.20. The number of ether oxygens (including phenoxy) is 2. The summed E-state index contributed by atoms with van der Waals surface area (Å²) in [6, 6.07) is -1.53. The Morgan fingerprint density at radius 3 is 1.38 bits per heavy atom. The third-order valence-electron chi connectivity index (χ3n) is 8.93. The second kappa shape index (κ2) is 40.7. The van der Waals surface area contributed by atoms with Crippen molar-refractivity contribution in [3.05, 3.63) is 72.9 Å². The molecule has 3 atom stereocenters. The van der Waals surface area contributed by atoms with Gasteiger partial charge in [-0.2, -0.15) is 0 Å². The lowest BCUT2D eigenvalue weighted by atomic mass is 10.1. The molecule has 0 aromatic heterocycles. The van der Waals surface area contributed by atoms with Crippen LogP contribution in [0.25, 0.3) is 0 Å². The van der Waals surface area contributed by atoms with E-state index in [0.717, 1.165) is 83.5 Å². The number of hydrogen-bond donors (Lipinski definition) is 3. The van der Waals surface area contributed by atoms with E-state index in [9.17, 15) is 23.8 Å². The maximum Gasteiger partial charge on any atom is 0.472 e. The fourth-order valence-electron chi connectivity index (χ4n) is 5.43. The molecule has 58 heavy (non-hydrogen) atoms. The molecule has 0 bridgehead atoms. The van der Waals surface area contributed by atoms with Gasteiger partial charge >= 0.3 is 25.7 Å². The van der Waals surface area contributed by atoms with Gasteiger partial charge < -0.3 is 25.2 Å². The van der Waals surface area contributed by atoms with Crippen molar-refractivity contribution < 1.29 is 47.5 Å². The summed E-state index contributed by atoms with van der Waals surface area (Å²) in [7, 11) is -4.73. The molecule has 4 N–H and O–H groups in total. The van der Waals surface area contributed by atoms with Gasteiger partial charge in [0.1, 0.15) is 12.6 Å². The zero-order valence-corrected chi connectivity index (χ0v) is 36.8. The average molecular weight is 836 g/mol. The van der Waals surface area contributed by atoms with Crippen molar-refractivity contribution in [1.82, 2.24) is 0 Å². The molecule has 0 aliphatic carbocycles. The summed E-state index contributed by atoms with van der Waals surface area (Å²) in [5.74, 6) is -2.45. The standard InChI is InChI=1S/C46H78NO10P/c1-3-5-7-9-11-13-15-17-19-20-21-22-24-26-28-30-32-34-36-38-45(49)57-42(40-55-58(52,53)56-41-43(47)46(50)51)39-54-44(48)37-35-33-31-29-27-25-23-18-16-14-12-10-8-6-4-2/h11-14,17-19,21-23,26,28,42-43H,3-10,15-16,20,24-25,27,29-41,47H2,1-2H3,(H,50,51)(H,52,53)/b13-11-,14-12-,19-17-,22-21-,23-18-,28-26-/t42-,43+/m1/s1. The van der Waals surface area contributed by atoms with Gasteiger partial charge in [0.15, 0.2) is 6.10 Å². The number of aliphatic carboxylic acids is 1. The van der Waals surface area contributed by atoms with E-state index in [4.69, 9.17) is 24.8 Å². The molecule has 0 fully saturated rings. The van der Waals surface area contributed by atoms with Crippen LogP contribution in [0.2, 0.25) is 0 Å². The van der Waals surface area contributed by atoms with Crippen LogP contribution in [0.15, 0.2) is 72.9 Å². The fourth-order valence-corrected chi connectivity index (χ4v) is 6.21. The first-order valence-electron chi connectivity index (χ1n) is 22.0. The number of phosphoric ester groups is 1. The summed E-state index contributed by atoms with van der Waals surface area (Å²) < 4.78 is 32.7. The number of allylic oxidation sites excluding steroid dienone is 12. The van der Waals surface area contributed by atoms with Gasteiger partial charge in [0.2, 0.25) is 0 Å². The van der Waals surface area contributed by atoms with Crippen LogP contribution in [-0.4, -0.2) is 59.9 Å². The molecule has 0 aliphatic rings. The van der Waals surface area contributed by atoms with Crippen LogP contribution < -0.4 is 5.73 Å². The van der Waals surface area contributed by atoms with E-state index in [-0.39, 0.29) is 19.4 Å². The summed E-state index contributed by atoms with van der Waals surface area (Å²) >= 11 is 0. The number of hydrogen-bond acceptors (Lipinski definition) is 9. The van der Waals surface area contributed by atoms with Crippen LogP contribution in [0.5, 0.6) is 0 Å². The molecule has 12 heteroatoms. The lowest BCUT2D eigenvalue weighted by Gasteiger charge is -2.20. The van der Waals surface area contributed by atoms with Crippen LogP contribution in [-0.2, 0) is 37.5 Å². The lowest BCUT2D eigenvalue weighted by molar-refractivity contribution is -0.161. The number of carbonyl (C=O) groups is 3. The number of phosphoric acid groups is 1. The molecule has 0 saturated heterocycles. The SMILES string of the molecule is CCCCC/C=C\C/C=C\C/C=C\C/C=C\CCCCCC(=O)O[C@H](COC(=O)CCCCCCC/C=C\C/C=C\CCCCC)COP(=O)(O)OC[C@H](N)C(=O)O. The van der Waals surface area contributed by atoms with Gasteiger partial charge in [-0.25, -0.2) is 4.57 Å². The molecule has 0 aliphatic heterocycles. The van der Waals surface area contributed by atoms with Gasteiger partial charge in [-0.05, 0) is 89.9 Å². The number of esters is 2. The number of nitrogens with two attached hydrogens (primary N) is 1. The Hall–Kier alpha value is -3.08. The van der Waals surface area contributed by atoms with Gasteiger partial charge in [0, 0.05) is 12.8 Å². The summed E-state index contributed by atoms with van der Waals surface area (Å²) in [6.07, 6.45) is 48.2. The molecule has 0 rings (SSSR count). The van der Waals surface area contributed by atoms with E-state index < -0.39 is 51.1 Å². The van der Waals surface area contributed by atoms with Crippen LogP contribution in [0, 0.1) is 0 Å². The van der Waals surface area contributed by atoms with Crippen LogP contribution in [0.3, 0.4) is 0 Å². The van der Waals surface area contributed by atoms with Gasteiger partial charge in [-0.1, -0.05) is 138 Å². The van der Waals surface area contributed by atoms with Crippen LogP contribution >= 0.6 is 7.82 Å². The molecule has 0 aromatic carbocycles. The van der Waals surface area contributed by atoms with Crippen molar-refractivity contribution >= 4 is 25.7 Å². The molecule has 0 radical (unpaired) electrons. The van der Waals surface area contributed by atoms with Gasteiger partial charge in [-0.15, -0.1) is 0 Å². The molecule has 0 amide bonds. The first-order valence-corrected chi connectivity index (χ1v) is 23.5. The number of carboxylic acid groups (broad SMARTS) is 1. The lowest BCUT2D eigenvalue weighted by Crippen LogP contribution is -2.34. The first kappa shape index (κ1) is 54.9. The fraction of sp³-hybridized carbons (Fsp3) is 0.674. The van der Waals surface area contributed by atoms with E-state index in [1.54, 1.807) is 0 Å². The Bertz CT molecular complexity index is 1260. The first-order chi connectivity index (χ1) is 28.1. The number of carbonyl (C=O) groups excluding carboxylic acids is 2. The van der Waals surface area contributed by atoms with E-state index in [2.05, 4.69) is 91.3 Å². The molecule has 0 saturated carbocycles. The molecule has 332 valence electrons. The molecule has 11 nitrogen and oxygen atoms in total. The largest absolute Gasteiger partial charge is 0.480 e. The Balaban J connectivity index is 4.47. The van der Waals surface area contributed by atoms with Gasteiger partial charge in [-0.3, -0.25) is 23.4 Å². The maximum absolute atomic E-state index is 12.6. The van der Waals surface area contributed by atoms with E-state index in [0.29, 0.717) is 12.8 Å². The van der Waals surface area contributed by atoms with Crippen molar-refractivity contribution in [3.63, 3.8) is 0 Å². The van der Waals surface area contributed by atoms with Crippen LogP contribution in [0.4, 0.5) is 0 Å². The smallest absolute Gasteiger partial charge is 0.472 e. The monoisotopic (exact) mass is 836 g/mol. The molecular formula is C46H78NO10P. The van der Waals surface area contributed by atoms with E-state index in [1.807, 2.05) is 0 Å². The van der Waals surface area contributed by atoms with E-state index in [1.165, 1.54) is 44.9 Å². The Labute approximate surface area is 350 Å². The highest BCUT2D eigenvalue weighted by Crippen LogP contribution is 2.43. The zero-order valence-electron chi connectivity index (χ0n) is 35.9. The van der Waals surface area contributed by atoms with E-state index >= 15 is 0 Å². The third kappa shape index (κ3) is 39.7. The summed E-state index contributed by atoms with van der Waals surface area (Å²) in [5, 5.41) is 8.89.